The maximum Gasteiger partial charge on any atom is 0.227 e. The van der Waals surface area contributed by atoms with Crippen molar-refractivity contribution in [2.24, 2.45) is 5.92 Å². The number of benzene rings is 1. The van der Waals surface area contributed by atoms with Gasteiger partial charge >= 0.3 is 0 Å². The number of hydrogen-bond donors (Lipinski definition) is 1. The molecule has 1 unspecified atom stereocenters. The van der Waals surface area contributed by atoms with E-state index in [9.17, 15) is 9.18 Å². The molecule has 1 aliphatic carbocycles. The molecule has 0 aliphatic heterocycles. The zero-order valence-corrected chi connectivity index (χ0v) is 13.4. The van der Waals surface area contributed by atoms with Crippen LogP contribution in [0.5, 0.6) is 0 Å². The van der Waals surface area contributed by atoms with Crippen LogP contribution in [0.25, 0.3) is 5.65 Å². The quantitative estimate of drug-likeness (QED) is 0.784. The first kappa shape index (κ1) is 14.9. The lowest BCUT2D eigenvalue weighted by molar-refractivity contribution is -0.120. The van der Waals surface area contributed by atoms with Crippen molar-refractivity contribution in [3.63, 3.8) is 0 Å². The summed E-state index contributed by atoms with van der Waals surface area (Å²) < 4.78 is 15.1. The fraction of sp³-hybridized carbons (Fsp3) is 0.263. The molecular weight excluding hydrogens is 305 g/mol. The van der Waals surface area contributed by atoms with Gasteiger partial charge in [-0.2, -0.15) is 0 Å². The number of halogens is 1. The molecule has 4 rings (SSSR count). The maximum absolute atomic E-state index is 13.0. The van der Waals surface area contributed by atoms with Crippen LogP contribution in [0, 0.1) is 18.7 Å². The van der Waals surface area contributed by atoms with E-state index in [1.165, 1.54) is 17.7 Å². The average Bonchev–Trinajstić information content (AvgIpc) is 2.94. The largest absolute Gasteiger partial charge is 0.326 e. The lowest BCUT2D eigenvalue weighted by atomic mass is 9.89. The number of nitrogens with one attached hydrogen (secondary N) is 1. The summed E-state index contributed by atoms with van der Waals surface area (Å²) in [5.41, 5.74) is 4.94. The normalized spacial score (nSPS) is 16.8. The van der Waals surface area contributed by atoms with E-state index < -0.39 is 0 Å². The van der Waals surface area contributed by atoms with Crippen molar-refractivity contribution in [1.82, 2.24) is 9.38 Å². The van der Waals surface area contributed by atoms with Gasteiger partial charge < -0.3 is 9.72 Å². The average molecular weight is 323 g/mol. The summed E-state index contributed by atoms with van der Waals surface area (Å²) in [5, 5.41) is 2.89. The summed E-state index contributed by atoms with van der Waals surface area (Å²) >= 11 is 0. The highest BCUT2D eigenvalue weighted by Gasteiger charge is 2.28. The summed E-state index contributed by atoms with van der Waals surface area (Å²) in [6.07, 6.45) is 4.33. The topological polar surface area (TPSA) is 46.4 Å². The standard InChI is InChI=1S/C19H18FN3O/c1-12-2-9-18-22-16-8-3-13(10-17(16)23(18)11-12)19(24)21-15-6-4-14(20)5-7-15/h2,4-7,9,11,13H,3,8,10H2,1H3,(H,21,24). The molecule has 0 saturated carbocycles. The van der Waals surface area contributed by atoms with Gasteiger partial charge in [0, 0.05) is 29.9 Å². The number of carbonyl (C=O) groups excluding carboxylic acids is 1. The molecule has 0 bridgehead atoms. The van der Waals surface area contributed by atoms with Crippen molar-refractivity contribution in [3.8, 4) is 0 Å². The number of pyridine rings is 1. The van der Waals surface area contributed by atoms with Crippen LogP contribution in [0.1, 0.15) is 23.4 Å². The second-order valence-corrected chi connectivity index (χ2v) is 6.38. The predicted octanol–water partition coefficient (Wildman–Crippen LogP) is 3.53. The summed E-state index contributed by atoms with van der Waals surface area (Å²) in [4.78, 5) is 17.2. The highest BCUT2D eigenvalue weighted by Crippen LogP contribution is 2.27. The van der Waals surface area contributed by atoms with Crippen LogP contribution in [0.2, 0.25) is 0 Å². The van der Waals surface area contributed by atoms with Crippen molar-refractivity contribution >= 4 is 17.2 Å². The Hall–Kier alpha value is -2.69. The number of aromatic nitrogens is 2. The zero-order valence-electron chi connectivity index (χ0n) is 13.4. The molecule has 4 nitrogen and oxygen atoms in total. The number of rotatable bonds is 2. The summed E-state index contributed by atoms with van der Waals surface area (Å²) in [6, 6.07) is 9.93. The third-order valence-electron chi connectivity index (χ3n) is 4.60. The van der Waals surface area contributed by atoms with Gasteiger partial charge in [0.25, 0.3) is 0 Å². The highest BCUT2D eigenvalue weighted by atomic mass is 19.1. The third-order valence-corrected chi connectivity index (χ3v) is 4.60. The van der Waals surface area contributed by atoms with E-state index in [4.69, 9.17) is 0 Å². The Morgan fingerprint density at radius 3 is 2.83 bits per heavy atom. The van der Waals surface area contributed by atoms with Crippen LogP contribution >= 0.6 is 0 Å². The molecule has 0 saturated heterocycles. The third kappa shape index (κ3) is 2.66. The van der Waals surface area contributed by atoms with Crippen LogP contribution < -0.4 is 5.32 Å². The summed E-state index contributed by atoms with van der Waals surface area (Å²) in [5.74, 6) is -0.422. The molecule has 2 heterocycles. The van der Waals surface area contributed by atoms with E-state index in [-0.39, 0.29) is 17.6 Å². The SMILES string of the molecule is Cc1ccc2nc3c(n2c1)CC(C(=O)Nc1ccc(F)cc1)CC3. The Labute approximate surface area is 139 Å². The second kappa shape index (κ2) is 5.74. The van der Waals surface area contributed by atoms with E-state index >= 15 is 0 Å². The van der Waals surface area contributed by atoms with Crippen LogP contribution in [0.4, 0.5) is 10.1 Å². The smallest absolute Gasteiger partial charge is 0.227 e. The molecular formula is C19H18FN3O. The van der Waals surface area contributed by atoms with Gasteiger partial charge in [0.05, 0.1) is 5.69 Å². The fourth-order valence-electron chi connectivity index (χ4n) is 3.31. The van der Waals surface area contributed by atoms with Gasteiger partial charge in [0.15, 0.2) is 0 Å². The van der Waals surface area contributed by atoms with Crippen LogP contribution in [-0.4, -0.2) is 15.3 Å². The Balaban J connectivity index is 1.57. The maximum atomic E-state index is 13.0. The number of hydrogen-bond acceptors (Lipinski definition) is 2. The number of aryl methyl sites for hydroxylation is 2. The van der Waals surface area contributed by atoms with E-state index in [1.807, 2.05) is 19.1 Å². The Morgan fingerprint density at radius 1 is 1.25 bits per heavy atom. The van der Waals surface area contributed by atoms with Gasteiger partial charge in [0.2, 0.25) is 5.91 Å². The molecule has 1 aromatic carbocycles. The number of imidazole rings is 1. The molecule has 1 atom stereocenters. The minimum absolute atomic E-state index is 0.0186. The summed E-state index contributed by atoms with van der Waals surface area (Å²) in [7, 11) is 0. The first-order valence-electron chi connectivity index (χ1n) is 8.13. The predicted molar refractivity (Wildman–Crippen MR) is 90.5 cm³/mol. The van der Waals surface area contributed by atoms with Gasteiger partial charge in [-0.05, 0) is 55.7 Å². The summed E-state index contributed by atoms with van der Waals surface area (Å²) in [6.45, 7) is 2.05. The molecule has 24 heavy (non-hydrogen) atoms. The number of carbonyl (C=O) groups is 1. The highest BCUT2D eigenvalue weighted by molar-refractivity contribution is 5.92. The van der Waals surface area contributed by atoms with Crippen molar-refractivity contribution in [1.29, 1.82) is 0 Å². The van der Waals surface area contributed by atoms with Gasteiger partial charge in [-0.25, -0.2) is 9.37 Å². The number of amides is 1. The van der Waals surface area contributed by atoms with Crippen molar-refractivity contribution in [2.75, 3.05) is 5.32 Å². The molecule has 0 fully saturated rings. The molecule has 122 valence electrons. The van der Waals surface area contributed by atoms with E-state index in [0.717, 1.165) is 29.9 Å². The fourth-order valence-corrected chi connectivity index (χ4v) is 3.31. The molecule has 1 amide bonds. The molecule has 2 aromatic heterocycles. The van der Waals surface area contributed by atoms with Gasteiger partial charge in [-0.3, -0.25) is 4.79 Å². The Kier molecular flexibility index (Phi) is 3.56. The zero-order chi connectivity index (χ0) is 16.7. The molecule has 0 radical (unpaired) electrons. The first-order chi connectivity index (χ1) is 11.6. The Bertz CT molecular complexity index is 914. The van der Waals surface area contributed by atoms with E-state index in [2.05, 4.69) is 20.9 Å². The Morgan fingerprint density at radius 2 is 2.04 bits per heavy atom. The first-order valence-corrected chi connectivity index (χ1v) is 8.13. The lowest BCUT2D eigenvalue weighted by Gasteiger charge is -2.21. The minimum atomic E-state index is -0.309. The van der Waals surface area contributed by atoms with Crippen LogP contribution in [0.3, 0.4) is 0 Å². The van der Waals surface area contributed by atoms with Gasteiger partial charge in [0.1, 0.15) is 11.5 Å². The van der Waals surface area contributed by atoms with Crippen LogP contribution in [-0.2, 0) is 17.6 Å². The molecule has 5 heteroatoms. The van der Waals surface area contributed by atoms with Crippen molar-refractivity contribution in [2.45, 2.75) is 26.2 Å². The van der Waals surface area contributed by atoms with E-state index in [0.29, 0.717) is 12.1 Å². The molecule has 3 aromatic rings. The molecule has 0 spiro atoms. The van der Waals surface area contributed by atoms with Crippen molar-refractivity contribution in [3.05, 3.63) is 65.4 Å². The minimum Gasteiger partial charge on any atom is -0.326 e. The molecule has 1 N–H and O–H groups in total. The van der Waals surface area contributed by atoms with Gasteiger partial charge in [-0.1, -0.05) is 6.07 Å². The molecule has 1 aliphatic rings. The van der Waals surface area contributed by atoms with E-state index in [1.54, 1.807) is 12.1 Å². The number of fused-ring (bicyclic) bond motifs is 3. The van der Waals surface area contributed by atoms with Crippen LogP contribution in [0.15, 0.2) is 42.6 Å². The van der Waals surface area contributed by atoms with Gasteiger partial charge in [-0.15, -0.1) is 0 Å². The monoisotopic (exact) mass is 323 g/mol. The number of nitrogens with zero attached hydrogens (tertiary/aromatic N) is 2. The second-order valence-electron chi connectivity index (χ2n) is 6.38. The van der Waals surface area contributed by atoms with Crippen molar-refractivity contribution < 1.29 is 9.18 Å². The number of anilines is 1. The lowest BCUT2D eigenvalue weighted by Crippen LogP contribution is -2.28.